The van der Waals surface area contributed by atoms with Gasteiger partial charge >= 0.3 is 0 Å². The zero-order valence-corrected chi connectivity index (χ0v) is 12.7. The fourth-order valence-electron chi connectivity index (χ4n) is 1.55. The average molecular weight is 306 g/mol. The van der Waals surface area contributed by atoms with Gasteiger partial charge in [-0.1, -0.05) is 48.5 Å². The van der Waals surface area contributed by atoms with E-state index >= 15 is 0 Å². The third-order valence-corrected chi connectivity index (χ3v) is 3.42. The molecule has 5 nitrogen and oxygen atoms in total. The molecule has 2 aromatic rings. The molecule has 21 heavy (non-hydrogen) atoms. The van der Waals surface area contributed by atoms with Gasteiger partial charge in [0.1, 0.15) is 4.90 Å². The summed E-state index contributed by atoms with van der Waals surface area (Å²) in [5.41, 5.74) is 1.27. The van der Waals surface area contributed by atoms with Crippen LogP contribution in [0, 0.1) is 5.41 Å². The maximum atomic E-state index is 11.2. The summed E-state index contributed by atoms with van der Waals surface area (Å²) in [4.78, 5) is 1.60. The lowest BCUT2D eigenvalue weighted by Crippen LogP contribution is -2.05. The molecule has 0 heterocycles. The first kappa shape index (κ1) is 16.9. The molecule has 0 saturated carbocycles. The molecule has 6 heteroatoms. The van der Waals surface area contributed by atoms with Crippen LogP contribution < -0.4 is 0 Å². The molecular weight excluding hydrogens is 288 g/mol. The Balaban J connectivity index is 0.000000383. The Morgan fingerprint density at radius 2 is 1.48 bits per heavy atom. The first-order valence-corrected chi connectivity index (χ1v) is 7.59. The van der Waals surface area contributed by atoms with Gasteiger partial charge in [-0.2, -0.15) is 8.42 Å². The van der Waals surface area contributed by atoms with Gasteiger partial charge in [0.05, 0.1) is 6.34 Å². The summed E-state index contributed by atoms with van der Waals surface area (Å²) in [6, 6.07) is 15.4. The van der Waals surface area contributed by atoms with Gasteiger partial charge in [-0.05, 0) is 11.6 Å². The third-order valence-electron chi connectivity index (χ3n) is 2.51. The summed E-state index contributed by atoms with van der Waals surface area (Å²) in [5, 5.41) is 6.46. The number of rotatable bonds is 3. The molecule has 0 saturated heterocycles. The topological polar surface area (TPSA) is 81.5 Å². The zero-order valence-electron chi connectivity index (χ0n) is 11.9. The second kappa shape index (κ2) is 7.56. The van der Waals surface area contributed by atoms with Gasteiger partial charge in [0.2, 0.25) is 0 Å². The van der Waals surface area contributed by atoms with Crippen LogP contribution >= 0.6 is 0 Å². The molecule has 2 aromatic carbocycles. The van der Waals surface area contributed by atoms with E-state index in [4.69, 9.17) is 9.96 Å². The monoisotopic (exact) mass is 306 g/mol. The normalized spacial score (nSPS) is 10.2. The Morgan fingerprint density at radius 1 is 1.00 bits per heavy atom. The molecule has 112 valence electrons. The molecular formula is C15H18N2O3S. The Kier molecular flexibility index (Phi) is 6.08. The highest BCUT2D eigenvalue weighted by Gasteiger charge is 2.15. The van der Waals surface area contributed by atoms with Crippen LogP contribution in [0.4, 0.5) is 0 Å². The summed E-state index contributed by atoms with van der Waals surface area (Å²) < 4.78 is 31.5. The number of benzene rings is 2. The van der Waals surface area contributed by atoms with E-state index in [1.54, 1.807) is 35.2 Å². The van der Waals surface area contributed by atoms with Crippen molar-refractivity contribution in [2.45, 2.75) is 4.90 Å². The van der Waals surface area contributed by atoms with Gasteiger partial charge in [-0.3, -0.25) is 9.96 Å². The standard InChI is InChI=1S/C12H10O3S.C3H8N2/c13-16(14,15)12-9-5-4-8-11(12)10-6-2-1-3-7-10;1-5(2)3-4/h1-9H,(H,13,14,15);3-4H,1-2H3. The van der Waals surface area contributed by atoms with Crippen LogP contribution in [0.1, 0.15) is 0 Å². The lowest BCUT2D eigenvalue weighted by atomic mass is 10.1. The molecule has 0 spiro atoms. The third kappa shape index (κ3) is 5.37. The van der Waals surface area contributed by atoms with Crippen molar-refractivity contribution in [2.75, 3.05) is 14.1 Å². The quantitative estimate of drug-likeness (QED) is 0.519. The molecule has 0 unspecified atom stereocenters. The molecule has 0 aliphatic heterocycles. The number of hydrogen-bond donors (Lipinski definition) is 2. The minimum absolute atomic E-state index is 0.0683. The Morgan fingerprint density at radius 3 is 1.95 bits per heavy atom. The van der Waals surface area contributed by atoms with Gasteiger partial charge in [0, 0.05) is 19.7 Å². The predicted octanol–water partition coefficient (Wildman–Crippen LogP) is 2.76. The van der Waals surface area contributed by atoms with Crippen LogP contribution in [0.15, 0.2) is 59.5 Å². The summed E-state index contributed by atoms with van der Waals surface area (Å²) in [6.07, 6.45) is 1.25. The Labute approximate surface area is 125 Å². The molecule has 0 atom stereocenters. The summed E-state index contributed by atoms with van der Waals surface area (Å²) in [7, 11) is -0.557. The fraction of sp³-hybridized carbons (Fsp3) is 0.133. The highest BCUT2D eigenvalue weighted by Crippen LogP contribution is 2.26. The van der Waals surface area contributed by atoms with Crippen LogP contribution in [-0.2, 0) is 10.1 Å². The van der Waals surface area contributed by atoms with E-state index in [0.717, 1.165) is 5.56 Å². The zero-order chi connectivity index (χ0) is 15.9. The number of nitrogens with one attached hydrogen (secondary N) is 1. The number of nitrogens with zero attached hydrogens (tertiary/aromatic N) is 1. The van der Waals surface area contributed by atoms with E-state index < -0.39 is 10.1 Å². The highest BCUT2D eigenvalue weighted by atomic mass is 32.2. The van der Waals surface area contributed by atoms with Gasteiger partial charge in [0.25, 0.3) is 10.1 Å². The van der Waals surface area contributed by atoms with Crippen molar-refractivity contribution in [1.29, 1.82) is 5.41 Å². The SMILES string of the molecule is CN(C)C=N.O=S(=O)(O)c1ccccc1-c1ccccc1. The van der Waals surface area contributed by atoms with Crippen LogP contribution in [0.2, 0.25) is 0 Å². The van der Waals surface area contributed by atoms with Crippen LogP contribution in [0.25, 0.3) is 11.1 Å². The summed E-state index contributed by atoms with van der Waals surface area (Å²) in [6.45, 7) is 0. The molecule has 0 aliphatic carbocycles. The van der Waals surface area contributed by atoms with E-state index in [-0.39, 0.29) is 4.90 Å². The molecule has 2 N–H and O–H groups in total. The largest absolute Gasteiger partial charge is 0.369 e. The molecule has 2 rings (SSSR count). The van der Waals surface area contributed by atoms with Gasteiger partial charge in [0.15, 0.2) is 0 Å². The van der Waals surface area contributed by atoms with Crippen molar-refractivity contribution in [3.63, 3.8) is 0 Å². The lowest BCUT2D eigenvalue weighted by Gasteiger charge is -2.06. The van der Waals surface area contributed by atoms with Gasteiger partial charge < -0.3 is 4.90 Å². The summed E-state index contributed by atoms with van der Waals surface area (Å²) in [5.74, 6) is 0. The molecule has 0 bridgehead atoms. The van der Waals surface area contributed by atoms with E-state index in [2.05, 4.69) is 0 Å². The summed E-state index contributed by atoms with van der Waals surface area (Å²) >= 11 is 0. The first-order chi connectivity index (χ1) is 9.86. The van der Waals surface area contributed by atoms with Crippen LogP contribution in [-0.4, -0.2) is 38.3 Å². The van der Waals surface area contributed by atoms with Crippen molar-refractivity contribution < 1.29 is 13.0 Å². The molecule has 0 aromatic heterocycles. The fourth-order valence-corrected chi connectivity index (χ4v) is 2.26. The molecule has 0 amide bonds. The second-order valence-electron chi connectivity index (χ2n) is 4.43. The van der Waals surface area contributed by atoms with Crippen molar-refractivity contribution >= 4 is 16.5 Å². The van der Waals surface area contributed by atoms with Crippen molar-refractivity contribution in [3.8, 4) is 11.1 Å². The Bertz CT molecular complexity index is 683. The smallest absolute Gasteiger partial charge is 0.295 e. The molecule has 0 radical (unpaired) electrons. The minimum Gasteiger partial charge on any atom is -0.369 e. The first-order valence-electron chi connectivity index (χ1n) is 6.15. The highest BCUT2D eigenvalue weighted by molar-refractivity contribution is 7.86. The maximum Gasteiger partial charge on any atom is 0.295 e. The molecule has 0 fully saturated rings. The van der Waals surface area contributed by atoms with E-state index in [1.165, 1.54) is 12.4 Å². The lowest BCUT2D eigenvalue weighted by molar-refractivity contribution is 0.483. The number of hydrogen-bond acceptors (Lipinski definition) is 3. The van der Waals surface area contributed by atoms with E-state index in [9.17, 15) is 8.42 Å². The van der Waals surface area contributed by atoms with Crippen molar-refractivity contribution in [3.05, 3.63) is 54.6 Å². The van der Waals surface area contributed by atoms with Gasteiger partial charge in [-0.25, -0.2) is 0 Å². The van der Waals surface area contributed by atoms with E-state index in [1.807, 2.05) is 32.3 Å². The van der Waals surface area contributed by atoms with Crippen LogP contribution in [0.3, 0.4) is 0 Å². The van der Waals surface area contributed by atoms with E-state index in [0.29, 0.717) is 5.56 Å². The second-order valence-corrected chi connectivity index (χ2v) is 5.82. The maximum absolute atomic E-state index is 11.2. The molecule has 0 aliphatic rings. The van der Waals surface area contributed by atoms with Crippen LogP contribution in [0.5, 0.6) is 0 Å². The average Bonchev–Trinajstić information content (AvgIpc) is 2.48. The van der Waals surface area contributed by atoms with Crippen molar-refractivity contribution in [2.24, 2.45) is 0 Å². The minimum atomic E-state index is -4.18. The predicted molar refractivity (Wildman–Crippen MR) is 84.2 cm³/mol. The van der Waals surface area contributed by atoms with Crippen molar-refractivity contribution in [1.82, 2.24) is 4.90 Å². The van der Waals surface area contributed by atoms with Gasteiger partial charge in [-0.15, -0.1) is 0 Å². The Hall–Kier alpha value is -2.18.